The van der Waals surface area contributed by atoms with Crippen molar-refractivity contribution < 1.29 is 26.3 Å². The minimum Gasteiger partial charge on any atom is -0.405 e. The summed E-state index contributed by atoms with van der Waals surface area (Å²) in [6.07, 6.45) is -1.83. The molecule has 1 aromatic carbocycles. The maximum Gasteiger partial charge on any atom is 0.573 e. The van der Waals surface area contributed by atoms with E-state index in [-0.39, 0.29) is 12.2 Å². The fourth-order valence-corrected chi connectivity index (χ4v) is 5.19. The summed E-state index contributed by atoms with van der Waals surface area (Å²) in [6.45, 7) is 0. The van der Waals surface area contributed by atoms with Gasteiger partial charge >= 0.3 is 6.36 Å². The Balaban J connectivity index is 1.99. The zero-order chi connectivity index (χ0) is 15.3. The highest BCUT2D eigenvalue weighted by molar-refractivity contribution is 7.93. The molecular weight excluding hydrogens is 305 g/mol. The van der Waals surface area contributed by atoms with Crippen LogP contribution in [0.1, 0.15) is 24.8 Å². The van der Waals surface area contributed by atoms with Crippen LogP contribution in [0.3, 0.4) is 0 Å². The Morgan fingerprint density at radius 2 is 1.86 bits per heavy atom. The number of alkyl halides is 3. The molecule has 2 aliphatic heterocycles. The third kappa shape index (κ3) is 2.66. The molecule has 0 amide bonds. The average Bonchev–Trinajstić information content (AvgIpc) is 2.57. The highest BCUT2D eigenvalue weighted by Crippen LogP contribution is 2.43. The predicted octanol–water partition coefficient (Wildman–Crippen LogP) is 3.32. The number of hydrogen-bond donors (Lipinski definition) is 0. The van der Waals surface area contributed by atoms with Crippen LogP contribution >= 0.6 is 0 Å². The molecule has 2 heterocycles. The molecule has 2 aliphatic rings. The lowest BCUT2D eigenvalue weighted by Crippen LogP contribution is -2.26. The number of hydrogen-bond acceptors (Lipinski definition) is 3. The van der Waals surface area contributed by atoms with Gasteiger partial charge in [0.05, 0.1) is 10.5 Å². The molecule has 0 saturated carbocycles. The van der Waals surface area contributed by atoms with Crippen molar-refractivity contribution in [1.82, 2.24) is 0 Å². The van der Waals surface area contributed by atoms with Crippen LogP contribution in [0.5, 0.6) is 5.75 Å². The molecule has 1 aromatic rings. The van der Waals surface area contributed by atoms with E-state index < -0.39 is 26.7 Å². The summed E-state index contributed by atoms with van der Waals surface area (Å²) in [5.41, 5.74) is 0.943. The fraction of sp³-hybridized carbons (Fsp3) is 0.429. The van der Waals surface area contributed by atoms with Crippen molar-refractivity contribution in [1.29, 1.82) is 0 Å². The van der Waals surface area contributed by atoms with Gasteiger partial charge in [-0.2, -0.15) is 0 Å². The van der Waals surface area contributed by atoms with Gasteiger partial charge in [0.1, 0.15) is 5.75 Å². The van der Waals surface area contributed by atoms with Crippen LogP contribution in [0.15, 0.2) is 30.3 Å². The van der Waals surface area contributed by atoms with Crippen LogP contribution in [0.2, 0.25) is 0 Å². The van der Waals surface area contributed by atoms with E-state index in [0.29, 0.717) is 24.0 Å². The van der Waals surface area contributed by atoms with E-state index >= 15 is 0 Å². The first-order chi connectivity index (χ1) is 9.77. The Kier molecular flexibility index (Phi) is 3.27. The molecule has 21 heavy (non-hydrogen) atoms. The van der Waals surface area contributed by atoms with E-state index in [1.165, 1.54) is 18.2 Å². The third-order valence-corrected chi connectivity index (χ3v) is 6.50. The molecule has 2 bridgehead atoms. The maximum atomic E-state index is 12.4. The van der Waals surface area contributed by atoms with Crippen molar-refractivity contribution in [2.45, 2.75) is 36.1 Å². The molecule has 3 rings (SSSR count). The summed E-state index contributed by atoms with van der Waals surface area (Å²) in [7, 11) is -3.16. The van der Waals surface area contributed by atoms with Crippen molar-refractivity contribution in [3.63, 3.8) is 0 Å². The molecule has 2 atom stereocenters. The zero-order valence-corrected chi connectivity index (χ0v) is 11.7. The monoisotopic (exact) mass is 318 g/mol. The van der Waals surface area contributed by atoms with Gasteiger partial charge in [0.15, 0.2) is 9.84 Å². The molecule has 0 aromatic heterocycles. The Hall–Kier alpha value is -1.50. The largest absolute Gasteiger partial charge is 0.573 e. The minimum absolute atomic E-state index is 0.247. The van der Waals surface area contributed by atoms with Crippen molar-refractivity contribution >= 4 is 15.4 Å². The summed E-state index contributed by atoms with van der Waals surface area (Å²) in [6, 6.07) is 5.85. The van der Waals surface area contributed by atoms with Gasteiger partial charge in [-0.1, -0.05) is 24.3 Å². The highest BCUT2D eigenvalue weighted by atomic mass is 32.2. The third-order valence-electron chi connectivity index (χ3n) is 3.95. The molecule has 0 aliphatic carbocycles. The summed E-state index contributed by atoms with van der Waals surface area (Å²) in [5, 5.41) is -1.06. The summed E-state index contributed by atoms with van der Waals surface area (Å²) < 4.78 is 65.4. The standard InChI is InChI=1S/C14H13F3O3S/c15-14(16,17)20-13-4-2-1-3-12(13)9-7-10-5-6-11(8-9)21(10,18)19/h1-4,7,10-11H,5-6,8H2. The van der Waals surface area contributed by atoms with Crippen LogP contribution in [-0.4, -0.2) is 25.3 Å². The molecule has 2 unspecified atom stereocenters. The number of rotatable bonds is 2. The van der Waals surface area contributed by atoms with Crippen molar-refractivity contribution in [3.05, 3.63) is 35.9 Å². The number of ether oxygens (including phenoxy) is 1. The lowest BCUT2D eigenvalue weighted by atomic mass is 10.00. The zero-order valence-electron chi connectivity index (χ0n) is 10.9. The van der Waals surface area contributed by atoms with Gasteiger partial charge < -0.3 is 4.74 Å². The van der Waals surface area contributed by atoms with E-state index in [0.717, 1.165) is 0 Å². The number of halogens is 3. The topological polar surface area (TPSA) is 43.4 Å². The van der Waals surface area contributed by atoms with E-state index in [9.17, 15) is 21.6 Å². The SMILES string of the molecule is O=S1(=O)C2C=C(c3ccccc3OC(F)(F)F)CC1CC2. The number of allylic oxidation sites excluding steroid dienone is 1. The first-order valence-corrected chi connectivity index (χ1v) is 8.17. The lowest BCUT2D eigenvalue weighted by Gasteiger charge is -2.22. The molecule has 7 heteroatoms. The van der Waals surface area contributed by atoms with Crippen LogP contribution in [0, 0.1) is 0 Å². The molecule has 1 saturated heterocycles. The molecule has 114 valence electrons. The van der Waals surface area contributed by atoms with Crippen LogP contribution in [0.4, 0.5) is 13.2 Å². The summed E-state index contributed by atoms with van der Waals surface area (Å²) in [4.78, 5) is 0. The van der Waals surface area contributed by atoms with Gasteiger partial charge in [0.25, 0.3) is 0 Å². The molecule has 3 nitrogen and oxygen atoms in total. The second-order valence-electron chi connectivity index (χ2n) is 5.27. The van der Waals surface area contributed by atoms with E-state index in [1.807, 2.05) is 0 Å². The van der Waals surface area contributed by atoms with E-state index in [1.54, 1.807) is 12.1 Å². The first kappa shape index (κ1) is 14.4. The normalized spacial score (nSPS) is 27.3. The first-order valence-electron chi connectivity index (χ1n) is 6.56. The smallest absolute Gasteiger partial charge is 0.405 e. The number of sulfone groups is 1. The van der Waals surface area contributed by atoms with Crippen molar-refractivity contribution in [2.24, 2.45) is 0 Å². The Morgan fingerprint density at radius 3 is 2.52 bits per heavy atom. The summed E-state index contributed by atoms with van der Waals surface area (Å²) >= 11 is 0. The van der Waals surface area contributed by atoms with Gasteiger partial charge in [0.2, 0.25) is 0 Å². The molecule has 1 fully saturated rings. The van der Waals surface area contributed by atoms with Gasteiger partial charge in [-0.25, -0.2) is 8.42 Å². The predicted molar refractivity (Wildman–Crippen MR) is 71.4 cm³/mol. The highest BCUT2D eigenvalue weighted by Gasteiger charge is 2.44. The number of fused-ring (bicyclic) bond motifs is 2. The van der Waals surface area contributed by atoms with Gasteiger partial charge in [-0.3, -0.25) is 0 Å². The van der Waals surface area contributed by atoms with Crippen LogP contribution < -0.4 is 4.74 Å². The average molecular weight is 318 g/mol. The second kappa shape index (κ2) is 4.76. The molecular formula is C14H13F3O3S. The van der Waals surface area contributed by atoms with Crippen LogP contribution in [0.25, 0.3) is 5.57 Å². The van der Waals surface area contributed by atoms with Crippen molar-refractivity contribution in [3.8, 4) is 5.75 Å². The van der Waals surface area contributed by atoms with Crippen molar-refractivity contribution in [2.75, 3.05) is 0 Å². The Labute approximate surface area is 120 Å². The molecule has 0 spiro atoms. The Bertz CT molecular complexity index is 692. The molecule has 0 N–H and O–H groups in total. The molecule has 0 radical (unpaired) electrons. The van der Waals surface area contributed by atoms with Gasteiger partial charge in [-0.05, 0) is 30.9 Å². The second-order valence-corrected chi connectivity index (χ2v) is 7.72. The maximum absolute atomic E-state index is 12.4. The lowest BCUT2D eigenvalue weighted by molar-refractivity contribution is -0.274. The van der Waals surface area contributed by atoms with Gasteiger partial charge in [0, 0.05) is 5.56 Å². The number of para-hydroxylation sites is 1. The van der Waals surface area contributed by atoms with Crippen LogP contribution in [-0.2, 0) is 9.84 Å². The Morgan fingerprint density at radius 1 is 1.14 bits per heavy atom. The fourth-order valence-electron chi connectivity index (χ4n) is 3.01. The minimum atomic E-state index is -4.77. The number of benzene rings is 1. The summed E-state index contributed by atoms with van der Waals surface area (Å²) in [5.74, 6) is -0.282. The quantitative estimate of drug-likeness (QED) is 0.840. The van der Waals surface area contributed by atoms with Gasteiger partial charge in [-0.15, -0.1) is 13.2 Å². The van der Waals surface area contributed by atoms with E-state index in [2.05, 4.69) is 4.74 Å². The van der Waals surface area contributed by atoms with E-state index in [4.69, 9.17) is 0 Å².